The Balaban J connectivity index is 0.00000312. The summed E-state index contributed by atoms with van der Waals surface area (Å²) in [5.41, 5.74) is 0. The fraction of sp³-hybridized carbons (Fsp3) is 0.667. The lowest BCUT2D eigenvalue weighted by Crippen LogP contribution is -2.41. The molecule has 1 aliphatic rings. The first-order chi connectivity index (χ1) is 11.8. The van der Waals surface area contributed by atoms with Gasteiger partial charge in [0.25, 0.3) is 0 Å². The number of piperidine rings is 1. The summed E-state index contributed by atoms with van der Waals surface area (Å²) in [5.74, 6) is 2.52. The maximum Gasteiger partial charge on any atom is 0.191 e. The summed E-state index contributed by atoms with van der Waals surface area (Å²) < 4.78 is 5.60. The molecule has 1 aromatic heterocycles. The van der Waals surface area contributed by atoms with Crippen molar-refractivity contribution < 1.29 is 4.74 Å². The van der Waals surface area contributed by atoms with Crippen molar-refractivity contribution in [2.24, 2.45) is 10.9 Å². The number of rotatable bonds is 8. The summed E-state index contributed by atoms with van der Waals surface area (Å²) in [5, 5.41) is 6.62. The Morgan fingerprint density at radius 1 is 1.32 bits per heavy atom. The van der Waals surface area contributed by atoms with E-state index in [0.29, 0.717) is 13.2 Å². The third kappa shape index (κ3) is 9.25. The highest BCUT2D eigenvalue weighted by Crippen LogP contribution is 2.15. The van der Waals surface area contributed by atoms with Crippen LogP contribution in [0.4, 0.5) is 0 Å². The zero-order valence-corrected chi connectivity index (χ0v) is 17.7. The number of nitrogens with zero attached hydrogens (tertiary/aromatic N) is 3. The number of halogens is 1. The van der Waals surface area contributed by atoms with E-state index >= 15 is 0 Å². The van der Waals surface area contributed by atoms with Crippen molar-refractivity contribution in [2.75, 3.05) is 46.4 Å². The summed E-state index contributed by atoms with van der Waals surface area (Å²) in [4.78, 5) is 10.8. The van der Waals surface area contributed by atoms with Gasteiger partial charge in [-0.25, -0.2) is 0 Å². The van der Waals surface area contributed by atoms with Gasteiger partial charge in [-0.05, 0) is 56.9 Å². The average Bonchev–Trinajstić information content (AvgIpc) is 2.62. The van der Waals surface area contributed by atoms with Crippen LogP contribution in [0.15, 0.2) is 29.5 Å². The van der Waals surface area contributed by atoms with Crippen molar-refractivity contribution in [3.05, 3.63) is 24.5 Å². The van der Waals surface area contributed by atoms with Crippen LogP contribution in [0.25, 0.3) is 0 Å². The second-order valence-corrected chi connectivity index (χ2v) is 6.34. The van der Waals surface area contributed by atoms with Crippen LogP contribution in [0.3, 0.4) is 0 Å². The third-order valence-corrected chi connectivity index (χ3v) is 4.34. The second-order valence-electron chi connectivity index (χ2n) is 6.34. The molecule has 1 aliphatic heterocycles. The van der Waals surface area contributed by atoms with Gasteiger partial charge in [0.15, 0.2) is 5.96 Å². The van der Waals surface area contributed by atoms with Gasteiger partial charge in [0, 0.05) is 19.8 Å². The van der Waals surface area contributed by atoms with Crippen molar-refractivity contribution in [2.45, 2.75) is 26.2 Å². The van der Waals surface area contributed by atoms with E-state index < -0.39 is 0 Å². The predicted molar refractivity (Wildman–Crippen MR) is 114 cm³/mol. The van der Waals surface area contributed by atoms with E-state index in [-0.39, 0.29) is 24.0 Å². The van der Waals surface area contributed by atoms with Crippen molar-refractivity contribution in [1.82, 2.24) is 20.5 Å². The Bertz CT molecular complexity index is 478. The molecular weight excluding hydrogens is 429 g/mol. The van der Waals surface area contributed by atoms with E-state index in [4.69, 9.17) is 4.74 Å². The molecule has 1 saturated heterocycles. The number of hydrogen-bond donors (Lipinski definition) is 2. The van der Waals surface area contributed by atoms with Crippen LogP contribution in [-0.2, 0) is 0 Å². The lowest BCUT2D eigenvalue weighted by molar-refractivity contribution is 0.191. The lowest BCUT2D eigenvalue weighted by atomic mass is 9.99. The molecule has 0 bridgehead atoms. The molecule has 2 rings (SSSR count). The summed E-state index contributed by atoms with van der Waals surface area (Å²) in [6, 6.07) is 3.77. The molecule has 0 aromatic carbocycles. The monoisotopic (exact) mass is 461 g/mol. The minimum absolute atomic E-state index is 0. The summed E-state index contributed by atoms with van der Waals surface area (Å²) in [7, 11) is 1.79. The fourth-order valence-corrected chi connectivity index (χ4v) is 2.79. The van der Waals surface area contributed by atoms with Gasteiger partial charge in [0.2, 0.25) is 0 Å². The van der Waals surface area contributed by atoms with Gasteiger partial charge in [-0.15, -0.1) is 24.0 Å². The van der Waals surface area contributed by atoms with Gasteiger partial charge in [-0.3, -0.25) is 9.98 Å². The Morgan fingerprint density at radius 2 is 2.08 bits per heavy atom. The standard InChI is InChI=1S/C18H31N5O.HI/c1-16-6-12-23(13-7-16)11-4-9-21-18(19-2)22-10-14-24-17-5-3-8-20-15-17;/h3,5,8,15-16H,4,6-7,9-14H2,1-2H3,(H2,19,21,22);1H. The first-order valence-electron chi connectivity index (χ1n) is 8.97. The molecule has 0 radical (unpaired) electrons. The number of guanidine groups is 1. The molecular formula is C18H32IN5O. The zero-order chi connectivity index (χ0) is 17.0. The van der Waals surface area contributed by atoms with E-state index in [1.165, 1.54) is 32.5 Å². The second kappa shape index (κ2) is 13.2. The number of ether oxygens (including phenoxy) is 1. The quantitative estimate of drug-likeness (QED) is 0.270. The largest absolute Gasteiger partial charge is 0.490 e. The highest BCUT2D eigenvalue weighted by molar-refractivity contribution is 14.0. The molecule has 2 N–H and O–H groups in total. The minimum Gasteiger partial charge on any atom is -0.490 e. The van der Waals surface area contributed by atoms with Crippen LogP contribution in [0.2, 0.25) is 0 Å². The smallest absolute Gasteiger partial charge is 0.191 e. The van der Waals surface area contributed by atoms with Crippen molar-refractivity contribution in [3.8, 4) is 5.75 Å². The predicted octanol–water partition coefficient (Wildman–Crippen LogP) is 2.37. The van der Waals surface area contributed by atoms with Gasteiger partial charge in [-0.1, -0.05) is 6.92 Å². The lowest BCUT2D eigenvalue weighted by Gasteiger charge is -2.30. The van der Waals surface area contributed by atoms with Gasteiger partial charge >= 0.3 is 0 Å². The van der Waals surface area contributed by atoms with Gasteiger partial charge < -0.3 is 20.3 Å². The van der Waals surface area contributed by atoms with Crippen LogP contribution < -0.4 is 15.4 Å². The maximum atomic E-state index is 5.60. The molecule has 1 fully saturated rings. The highest BCUT2D eigenvalue weighted by atomic mass is 127. The molecule has 0 unspecified atom stereocenters. The molecule has 6 nitrogen and oxygen atoms in total. The summed E-state index contributed by atoms with van der Waals surface area (Å²) >= 11 is 0. The third-order valence-electron chi connectivity index (χ3n) is 4.34. The topological polar surface area (TPSA) is 61.8 Å². The van der Waals surface area contributed by atoms with Crippen LogP contribution in [0.1, 0.15) is 26.2 Å². The van der Waals surface area contributed by atoms with Gasteiger partial charge in [0.05, 0.1) is 12.7 Å². The molecule has 0 atom stereocenters. The highest BCUT2D eigenvalue weighted by Gasteiger charge is 2.14. The Hall–Kier alpha value is -1.09. The zero-order valence-electron chi connectivity index (χ0n) is 15.4. The van der Waals surface area contributed by atoms with Crippen LogP contribution in [0, 0.1) is 5.92 Å². The molecule has 0 amide bonds. The number of pyridine rings is 1. The molecule has 7 heteroatoms. The van der Waals surface area contributed by atoms with Gasteiger partial charge in [0.1, 0.15) is 12.4 Å². The Labute approximate surface area is 168 Å². The number of nitrogens with one attached hydrogen (secondary N) is 2. The normalized spacial score (nSPS) is 16.2. The number of likely N-dealkylation sites (tertiary alicyclic amines) is 1. The molecule has 25 heavy (non-hydrogen) atoms. The van der Waals surface area contributed by atoms with Crippen molar-refractivity contribution >= 4 is 29.9 Å². The molecule has 1 aromatic rings. The molecule has 142 valence electrons. The molecule has 0 aliphatic carbocycles. The average molecular weight is 461 g/mol. The van der Waals surface area contributed by atoms with E-state index in [0.717, 1.165) is 30.6 Å². The SMILES string of the molecule is CN=C(NCCCN1CCC(C)CC1)NCCOc1cccnc1.I. The Morgan fingerprint density at radius 3 is 2.76 bits per heavy atom. The Kier molecular flexibility index (Phi) is 11.6. The molecule has 0 spiro atoms. The van der Waals surface area contributed by atoms with Crippen LogP contribution >= 0.6 is 24.0 Å². The van der Waals surface area contributed by atoms with Crippen molar-refractivity contribution in [1.29, 1.82) is 0 Å². The van der Waals surface area contributed by atoms with Crippen molar-refractivity contribution in [3.63, 3.8) is 0 Å². The summed E-state index contributed by atoms with van der Waals surface area (Å²) in [6.45, 7) is 8.25. The van der Waals surface area contributed by atoms with E-state index in [1.807, 2.05) is 12.1 Å². The molecule has 2 heterocycles. The van der Waals surface area contributed by atoms with E-state index in [2.05, 4.69) is 32.4 Å². The minimum atomic E-state index is 0. The van der Waals surface area contributed by atoms with E-state index in [1.54, 1.807) is 19.4 Å². The summed E-state index contributed by atoms with van der Waals surface area (Å²) in [6.07, 6.45) is 7.28. The maximum absolute atomic E-state index is 5.60. The van der Waals surface area contributed by atoms with Gasteiger partial charge in [-0.2, -0.15) is 0 Å². The first-order valence-corrected chi connectivity index (χ1v) is 8.97. The number of aromatic nitrogens is 1. The number of aliphatic imine (C=N–C) groups is 1. The number of hydrogen-bond acceptors (Lipinski definition) is 4. The van der Waals surface area contributed by atoms with E-state index in [9.17, 15) is 0 Å². The molecule has 0 saturated carbocycles. The van der Waals surface area contributed by atoms with Crippen LogP contribution in [0.5, 0.6) is 5.75 Å². The fourth-order valence-electron chi connectivity index (χ4n) is 2.79. The first kappa shape index (κ1) is 22.0. The van der Waals surface area contributed by atoms with Crippen LogP contribution in [-0.4, -0.2) is 62.2 Å².